The number of rotatable bonds is 4. The van der Waals surface area contributed by atoms with Gasteiger partial charge < -0.3 is 10.1 Å². The van der Waals surface area contributed by atoms with Gasteiger partial charge in [-0.25, -0.2) is 0 Å². The van der Waals surface area contributed by atoms with Crippen molar-refractivity contribution in [1.29, 1.82) is 0 Å². The number of ether oxygens (including phenoxy) is 1. The zero-order chi connectivity index (χ0) is 14.9. The minimum atomic E-state index is -0.0801. The average Bonchev–Trinajstić information content (AvgIpc) is 3.31. The highest BCUT2D eigenvalue weighted by Gasteiger charge is 2.36. The van der Waals surface area contributed by atoms with E-state index in [0.29, 0.717) is 25.2 Å². The van der Waals surface area contributed by atoms with Crippen LogP contribution in [0.3, 0.4) is 0 Å². The van der Waals surface area contributed by atoms with E-state index in [1.165, 1.54) is 12.8 Å². The van der Waals surface area contributed by atoms with Crippen molar-refractivity contribution in [1.82, 2.24) is 16.2 Å². The van der Waals surface area contributed by atoms with Crippen molar-refractivity contribution in [2.24, 2.45) is 11.8 Å². The highest BCUT2D eigenvalue weighted by Crippen LogP contribution is 2.35. The second-order valence-corrected chi connectivity index (χ2v) is 6.73. The van der Waals surface area contributed by atoms with Gasteiger partial charge in [-0.05, 0) is 43.2 Å². The van der Waals surface area contributed by atoms with Crippen LogP contribution in [-0.2, 0) is 11.2 Å². The number of amides is 1. The molecule has 0 aromatic heterocycles. The first-order chi connectivity index (χ1) is 10.8. The van der Waals surface area contributed by atoms with Crippen molar-refractivity contribution in [3.63, 3.8) is 0 Å². The van der Waals surface area contributed by atoms with Gasteiger partial charge in [-0.15, -0.1) is 0 Å². The lowest BCUT2D eigenvalue weighted by molar-refractivity contribution is -0.126. The predicted molar refractivity (Wildman–Crippen MR) is 83.3 cm³/mol. The molecule has 22 heavy (non-hydrogen) atoms. The summed E-state index contributed by atoms with van der Waals surface area (Å²) in [7, 11) is 0. The lowest BCUT2D eigenvalue weighted by Crippen LogP contribution is -2.44. The Labute approximate surface area is 130 Å². The number of hydrogen-bond donors (Lipinski definition) is 3. The summed E-state index contributed by atoms with van der Waals surface area (Å²) >= 11 is 0. The third-order valence-electron chi connectivity index (χ3n) is 4.97. The van der Waals surface area contributed by atoms with Crippen molar-refractivity contribution in [3.8, 4) is 5.75 Å². The van der Waals surface area contributed by atoms with E-state index in [4.69, 9.17) is 4.74 Å². The van der Waals surface area contributed by atoms with Gasteiger partial charge in [0.1, 0.15) is 12.4 Å². The zero-order valence-electron chi connectivity index (χ0n) is 12.7. The van der Waals surface area contributed by atoms with Crippen LogP contribution in [0.2, 0.25) is 0 Å². The van der Waals surface area contributed by atoms with E-state index in [1.807, 2.05) is 24.3 Å². The summed E-state index contributed by atoms with van der Waals surface area (Å²) < 4.78 is 5.70. The highest BCUT2D eigenvalue weighted by molar-refractivity contribution is 5.79. The minimum Gasteiger partial charge on any atom is -0.492 e. The molecule has 1 amide bonds. The molecule has 1 aliphatic carbocycles. The van der Waals surface area contributed by atoms with Gasteiger partial charge in [0.2, 0.25) is 5.91 Å². The van der Waals surface area contributed by atoms with Gasteiger partial charge in [0.05, 0.1) is 5.92 Å². The summed E-state index contributed by atoms with van der Waals surface area (Å²) in [6.45, 7) is 1.16. The summed E-state index contributed by atoms with van der Waals surface area (Å²) in [5, 5.41) is 3.08. The fourth-order valence-electron chi connectivity index (χ4n) is 3.46. The lowest BCUT2D eigenvalue weighted by Gasteiger charge is -2.25. The maximum absolute atomic E-state index is 12.4. The van der Waals surface area contributed by atoms with Crippen molar-refractivity contribution in [2.75, 3.05) is 13.2 Å². The third-order valence-corrected chi connectivity index (χ3v) is 4.97. The van der Waals surface area contributed by atoms with E-state index in [0.717, 1.165) is 30.1 Å². The summed E-state index contributed by atoms with van der Waals surface area (Å²) in [5.41, 5.74) is 7.79. The molecule has 118 valence electrons. The number of para-hydroxylation sites is 1. The van der Waals surface area contributed by atoms with Gasteiger partial charge in [0.25, 0.3) is 0 Å². The average molecular weight is 301 g/mol. The van der Waals surface area contributed by atoms with Gasteiger partial charge >= 0.3 is 0 Å². The smallest absolute Gasteiger partial charge is 0.226 e. The first-order valence-corrected chi connectivity index (χ1v) is 8.29. The van der Waals surface area contributed by atoms with Crippen LogP contribution in [0.15, 0.2) is 24.3 Å². The Morgan fingerprint density at radius 2 is 2.14 bits per heavy atom. The summed E-state index contributed by atoms with van der Waals surface area (Å²) in [6, 6.07) is 8.90. The zero-order valence-corrected chi connectivity index (χ0v) is 12.7. The summed E-state index contributed by atoms with van der Waals surface area (Å²) in [4.78, 5) is 12.4. The van der Waals surface area contributed by atoms with E-state index >= 15 is 0 Å². The van der Waals surface area contributed by atoms with Gasteiger partial charge in [-0.1, -0.05) is 18.2 Å². The largest absolute Gasteiger partial charge is 0.492 e. The van der Waals surface area contributed by atoms with Gasteiger partial charge in [-0.2, -0.15) is 0 Å². The Morgan fingerprint density at radius 1 is 1.27 bits per heavy atom. The number of hydrogen-bond acceptors (Lipinski definition) is 4. The van der Waals surface area contributed by atoms with Crippen LogP contribution < -0.4 is 20.9 Å². The van der Waals surface area contributed by atoms with Gasteiger partial charge in [0, 0.05) is 18.6 Å². The quantitative estimate of drug-likeness (QED) is 0.776. The summed E-state index contributed by atoms with van der Waals surface area (Å²) in [6.07, 6.45) is 4.56. The van der Waals surface area contributed by atoms with Crippen molar-refractivity contribution < 1.29 is 9.53 Å². The number of fused-ring (bicyclic) bond motifs is 1. The number of nitrogens with one attached hydrogen (secondary N) is 3. The molecule has 5 heteroatoms. The molecular weight excluding hydrogens is 278 g/mol. The molecule has 3 unspecified atom stereocenters. The molecule has 0 bridgehead atoms. The Hall–Kier alpha value is -1.59. The molecule has 0 spiro atoms. The maximum atomic E-state index is 12.4. The number of benzene rings is 1. The molecule has 3 N–H and O–H groups in total. The van der Waals surface area contributed by atoms with E-state index in [-0.39, 0.29) is 11.8 Å². The molecule has 1 aromatic rings. The molecule has 2 heterocycles. The molecule has 5 nitrogen and oxygen atoms in total. The van der Waals surface area contributed by atoms with Crippen molar-refractivity contribution >= 4 is 5.91 Å². The molecule has 3 aliphatic rings. The van der Waals surface area contributed by atoms with Crippen LogP contribution in [-0.4, -0.2) is 31.1 Å². The number of carbonyl (C=O) groups is 1. The van der Waals surface area contributed by atoms with Crippen molar-refractivity contribution in [2.45, 2.75) is 37.8 Å². The normalized spacial score (nSPS) is 30.5. The molecular formula is C17H23N3O2. The standard InChI is InChI=1S/C17H23N3O2/c21-17(13-7-12-3-1-2-4-16(12)22-10-13)18-9-14-8-15(20-19-14)11-5-6-11/h1-4,11,13-15,19-20H,5-10H2,(H,18,21). The van der Waals surface area contributed by atoms with E-state index in [9.17, 15) is 4.79 Å². The molecule has 1 saturated heterocycles. The molecule has 1 saturated carbocycles. The fraction of sp³-hybridized carbons (Fsp3) is 0.588. The van der Waals surface area contributed by atoms with E-state index < -0.39 is 0 Å². The topological polar surface area (TPSA) is 62.4 Å². The van der Waals surface area contributed by atoms with Gasteiger partial charge in [-0.3, -0.25) is 15.6 Å². The Balaban J connectivity index is 1.26. The van der Waals surface area contributed by atoms with Crippen LogP contribution in [0.1, 0.15) is 24.8 Å². The lowest BCUT2D eigenvalue weighted by atomic mass is 9.96. The SMILES string of the molecule is O=C(NCC1CC(C2CC2)NN1)C1COc2ccccc2C1. The number of hydrazine groups is 1. The molecule has 1 aromatic carbocycles. The van der Waals surface area contributed by atoms with Crippen LogP contribution in [0.5, 0.6) is 5.75 Å². The van der Waals surface area contributed by atoms with Crippen LogP contribution in [0.4, 0.5) is 0 Å². The predicted octanol–water partition coefficient (Wildman–Crippen LogP) is 0.999. The number of carbonyl (C=O) groups excluding carboxylic acids is 1. The maximum Gasteiger partial charge on any atom is 0.226 e. The Bertz CT molecular complexity index is 559. The third kappa shape index (κ3) is 2.96. The summed E-state index contributed by atoms with van der Waals surface area (Å²) in [5.74, 6) is 1.78. The van der Waals surface area contributed by atoms with Gasteiger partial charge in [0.15, 0.2) is 0 Å². The second kappa shape index (κ2) is 5.89. The van der Waals surface area contributed by atoms with Crippen LogP contribution in [0.25, 0.3) is 0 Å². The first kappa shape index (κ1) is 14.0. The van der Waals surface area contributed by atoms with Crippen molar-refractivity contribution in [3.05, 3.63) is 29.8 Å². The minimum absolute atomic E-state index is 0.0801. The second-order valence-electron chi connectivity index (χ2n) is 6.73. The monoisotopic (exact) mass is 301 g/mol. The Morgan fingerprint density at radius 3 is 3.00 bits per heavy atom. The molecule has 4 rings (SSSR count). The molecule has 2 fully saturated rings. The van der Waals surface area contributed by atoms with Crippen LogP contribution >= 0.6 is 0 Å². The molecule has 2 aliphatic heterocycles. The van der Waals surface area contributed by atoms with E-state index in [2.05, 4.69) is 16.2 Å². The van der Waals surface area contributed by atoms with Crippen LogP contribution in [0, 0.1) is 11.8 Å². The highest BCUT2D eigenvalue weighted by atomic mass is 16.5. The van der Waals surface area contributed by atoms with E-state index in [1.54, 1.807) is 0 Å². The molecule has 3 atom stereocenters. The molecule has 0 radical (unpaired) electrons. The first-order valence-electron chi connectivity index (χ1n) is 8.29. The fourth-order valence-corrected chi connectivity index (χ4v) is 3.46. The Kier molecular flexibility index (Phi) is 3.76.